The van der Waals surface area contributed by atoms with Gasteiger partial charge in [-0.2, -0.15) is 0 Å². The molecule has 0 unspecified atom stereocenters. The number of nitro benzene ring substituents is 1. The largest absolute Gasteiger partial charge is 0.475 e. The van der Waals surface area contributed by atoms with Crippen molar-refractivity contribution >= 4 is 11.7 Å². The van der Waals surface area contributed by atoms with Crippen LogP contribution in [0.3, 0.4) is 0 Å². The van der Waals surface area contributed by atoms with Crippen molar-refractivity contribution in [2.75, 3.05) is 19.6 Å². The Bertz CT molecular complexity index is 822. The van der Waals surface area contributed by atoms with E-state index in [1.165, 1.54) is 12.1 Å². The number of aromatic carboxylic acids is 1. The Morgan fingerprint density at radius 1 is 1.26 bits per heavy atom. The van der Waals surface area contributed by atoms with Crippen molar-refractivity contribution in [3.8, 4) is 11.3 Å². The van der Waals surface area contributed by atoms with Crippen LogP contribution >= 0.6 is 0 Å². The van der Waals surface area contributed by atoms with Gasteiger partial charge in [0, 0.05) is 29.8 Å². The number of non-ortho nitro benzene ring substituents is 1. The molecule has 0 aliphatic carbocycles. The lowest BCUT2D eigenvalue weighted by atomic mass is 9.85. The van der Waals surface area contributed by atoms with E-state index in [0.29, 0.717) is 23.3 Å². The van der Waals surface area contributed by atoms with E-state index in [1.807, 2.05) is 0 Å². The zero-order valence-corrected chi connectivity index (χ0v) is 16.2. The number of hydrogen-bond acceptors (Lipinski definition) is 5. The Morgan fingerprint density at radius 2 is 1.93 bits per heavy atom. The molecule has 0 aliphatic heterocycles. The minimum Gasteiger partial charge on any atom is -0.475 e. The first-order valence-corrected chi connectivity index (χ1v) is 9.00. The molecule has 7 heteroatoms. The summed E-state index contributed by atoms with van der Waals surface area (Å²) in [6.07, 6.45) is 0.531. The fourth-order valence-corrected chi connectivity index (χ4v) is 3.28. The molecule has 0 saturated carbocycles. The van der Waals surface area contributed by atoms with E-state index in [2.05, 4.69) is 32.6 Å². The number of nitro groups is 1. The monoisotopic (exact) mass is 374 g/mol. The van der Waals surface area contributed by atoms with Crippen LogP contribution in [-0.4, -0.2) is 40.5 Å². The number of carboxylic acids is 1. The van der Waals surface area contributed by atoms with E-state index >= 15 is 0 Å². The lowest BCUT2D eigenvalue weighted by Crippen LogP contribution is -2.35. The van der Waals surface area contributed by atoms with Crippen molar-refractivity contribution in [1.29, 1.82) is 0 Å². The molecule has 0 aliphatic rings. The van der Waals surface area contributed by atoms with Gasteiger partial charge in [-0.15, -0.1) is 0 Å². The molecule has 1 heterocycles. The maximum atomic E-state index is 11.6. The van der Waals surface area contributed by atoms with Crippen LogP contribution in [0.15, 0.2) is 34.7 Å². The summed E-state index contributed by atoms with van der Waals surface area (Å²) in [6.45, 7) is 11.1. The van der Waals surface area contributed by atoms with Gasteiger partial charge >= 0.3 is 5.97 Å². The van der Waals surface area contributed by atoms with Gasteiger partial charge in [-0.1, -0.05) is 39.8 Å². The zero-order valence-electron chi connectivity index (χ0n) is 16.2. The predicted octanol–water partition coefficient (Wildman–Crippen LogP) is 4.46. The number of carboxylic acid groups (broad SMARTS) is 1. The molecule has 2 rings (SSSR count). The Morgan fingerprint density at radius 3 is 2.48 bits per heavy atom. The molecule has 0 bridgehead atoms. The molecule has 146 valence electrons. The first-order valence-electron chi connectivity index (χ1n) is 9.00. The summed E-state index contributed by atoms with van der Waals surface area (Å²) < 4.78 is 5.56. The molecule has 7 nitrogen and oxygen atoms in total. The van der Waals surface area contributed by atoms with E-state index in [-0.39, 0.29) is 16.9 Å². The highest BCUT2D eigenvalue weighted by Gasteiger charge is 2.27. The first kappa shape index (κ1) is 20.6. The molecule has 0 radical (unpaired) electrons. The average Bonchev–Trinajstić information content (AvgIpc) is 3.03. The van der Waals surface area contributed by atoms with Crippen molar-refractivity contribution in [1.82, 2.24) is 4.90 Å². The van der Waals surface area contributed by atoms with Crippen LogP contribution < -0.4 is 0 Å². The Balaban J connectivity index is 2.36. The number of rotatable bonds is 9. The van der Waals surface area contributed by atoms with Gasteiger partial charge in [0.1, 0.15) is 5.76 Å². The van der Waals surface area contributed by atoms with Crippen LogP contribution in [0.1, 0.15) is 43.8 Å². The Hall–Kier alpha value is -2.67. The van der Waals surface area contributed by atoms with Crippen molar-refractivity contribution in [3.63, 3.8) is 0 Å². The van der Waals surface area contributed by atoms with Crippen molar-refractivity contribution in [2.45, 2.75) is 34.1 Å². The third-order valence-electron chi connectivity index (χ3n) is 4.56. The second kappa shape index (κ2) is 8.35. The van der Waals surface area contributed by atoms with Crippen LogP contribution in [0.4, 0.5) is 5.69 Å². The Labute approximate surface area is 158 Å². The minimum atomic E-state index is -1.14. The summed E-state index contributed by atoms with van der Waals surface area (Å²) in [7, 11) is 0. The van der Waals surface area contributed by atoms with Gasteiger partial charge in [-0.05, 0) is 31.0 Å². The van der Waals surface area contributed by atoms with Gasteiger partial charge in [0.15, 0.2) is 0 Å². The normalized spacial score (nSPS) is 11.7. The third-order valence-corrected chi connectivity index (χ3v) is 4.56. The quantitative estimate of drug-likeness (QED) is 0.514. The lowest BCUT2D eigenvalue weighted by molar-refractivity contribution is -0.384. The summed E-state index contributed by atoms with van der Waals surface area (Å²) in [5, 5.41) is 20.5. The fourth-order valence-electron chi connectivity index (χ4n) is 3.28. The second-order valence-corrected chi connectivity index (χ2v) is 7.38. The highest BCUT2D eigenvalue weighted by molar-refractivity contribution is 5.87. The van der Waals surface area contributed by atoms with Crippen molar-refractivity contribution in [3.05, 3.63) is 51.8 Å². The minimum absolute atomic E-state index is 0.0656. The van der Waals surface area contributed by atoms with Gasteiger partial charge < -0.3 is 14.4 Å². The molecular weight excluding hydrogens is 348 g/mol. The van der Waals surface area contributed by atoms with Gasteiger partial charge in [-0.25, -0.2) is 4.79 Å². The number of furan rings is 1. The summed E-state index contributed by atoms with van der Waals surface area (Å²) >= 11 is 0. The Kier molecular flexibility index (Phi) is 6.38. The first-order chi connectivity index (χ1) is 12.7. The highest BCUT2D eigenvalue weighted by Crippen LogP contribution is 2.32. The number of hydrogen-bond donors (Lipinski definition) is 1. The van der Waals surface area contributed by atoms with Crippen LogP contribution in [0.5, 0.6) is 0 Å². The van der Waals surface area contributed by atoms with Gasteiger partial charge in [0.25, 0.3) is 5.69 Å². The zero-order chi connectivity index (χ0) is 20.2. The molecule has 0 fully saturated rings. The molecular formula is C20H26N2O5. The summed E-state index contributed by atoms with van der Waals surface area (Å²) in [5.74, 6) is -0.922. The van der Waals surface area contributed by atoms with Crippen molar-refractivity contribution in [2.24, 2.45) is 5.41 Å². The molecule has 0 atom stereocenters. The fraction of sp³-hybridized carbons (Fsp3) is 0.450. The van der Waals surface area contributed by atoms with E-state index in [1.54, 1.807) is 18.2 Å². The van der Waals surface area contributed by atoms with E-state index in [0.717, 1.165) is 19.6 Å². The van der Waals surface area contributed by atoms with Gasteiger partial charge in [0.05, 0.1) is 4.92 Å². The molecule has 1 aromatic heterocycles. The predicted molar refractivity (Wildman–Crippen MR) is 103 cm³/mol. The molecule has 27 heavy (non-hydrogen) atoms. The smallest absolute Gasteiger partial charge is 0.372 e. The molecule has 0 amide bonds. The van der Waals surface area contributed by atoms with Gasteiger partial charge in [-0.3, -0.25) is 10.1 Å². The molecule has 1 N–H and O–H groups in total. The molecule has 0 saturated heterocycles. The number of carbonyl (C=O) groups is 1. The summed E-state index contributed by atoms with van der Waals surface area (Å²) in [6, 6.07) is 7.68. The third kappa shape index (κ3) is 5.17. The summed E-state index contributed by atoms with van der Waals surface area (Å²) in [4.78, 5) is 24.4. The summed E-state index contributed by atoms with van der Waals surface area (Å²) in [5.41, 5.74) is 0.866. The second-order valence-electron chi connectivity index (χ2n) is 7.38. The maximum absolute atomic E-state index is 11.6. The van der Waals surface area contributed by atoms with Crippen LogP contribution in [0.25, 0.3) is 11.3 Å². The standard InChI is InChI=1S/C20H26N2O5/c1-5-21(6-2)13-20(3,4)12-15-11-17(27-18(15)19(23)24)14-8-7-9-16(10-14)22(25)26/h7-11H,5-6,12-13H2,1-4H3,(H,23,24). The van der Waals surface area contributed by atoms with Crippen LogP contribution in [-0.2, 0) is 6.42 Å². The van der Waals surface area contributed by atoms with Crippen LogP contribution in [0, 0.1) is 15.5 Å². The molecule has 0 spiro atoms. The topological polar surface area (TPSA) is 96.8 Å². The van der Waals surface area contributed by atoms with Crippen LogP contribution in [0.2, 0.25) is 0 Å². The highest BCUT2D eigenvalue weighted by atomic mass is 16.6. The lowest BCUT2D eigenvalue weighted by Gasteiger charge is -2.31. The van der Waals surface area contributed by atoms with E-state index in [9.17, 15) is 20.0 Å². The van der Waals surface area contributed by atoms with Gasteiger partial charge in [0.2, 0.25) is 5.76 Å². The number of nitrogens with zero attached hydrogens (tertiary/aromatic N) is 2. The van der Waals surface area contributed by atoms with Crippen molar-refractivity contribution < 1.29 is 19.2 Å². The molecule has 2 aromatic rings. The van der Waals surface area contributed by atoms with E-state index in [4.69, 9.17) is 4.42 Å². The molecule has 1 aromatic carbocycles. The number of benzene rings is 1. The maximum Gasteiger partial charge on any atom is 0.372 e. The SMILES string of the molecule is CCN(CC)CC(C)(C)Cc1cc(-c2cccc([N+](=O)[O-])c2)oc1C(=O)O. The van der Waals surface area contributed by atoms with E-state index < -0.39 is 10.9 Å². The average molecular weight is 374 g/mol.